The largest absolute Gasteiger partial charge is 0.326 e. The van der Waals surface area contributed by atoms with Crippen LogP contribution in [0, 0.1) is 0 Å². The maximum absolute atomic E-state index is 5.60. The van der Waals surface area contributed by atoms with Crippen molar-refractivity contribution in [2.75, 3.05) is 0 Å². The fraction of sp³-hybridized carbons (Fsp3) is 0.286. The smallest absolute Gasteiger partial charge is 0.212 e. The third-order valence-corrected chi connectivity index (χ3v) is 4.26. The van der Waals surface area contributed by atoms with Crippen molar-refractivity contribution in [3.05, 3.63) is 41.0 Å². The summed E-state index contributed by atoms with van der Waals surface area (Å²) < 4.78 is 1.87. The van der Waals surface area contributed by atoms with Gasteiger partial charge in [-0.15, -0.1) is 0 Å². The monoisotopic (exact) mass is 272 g/mol. The van der Waals surface area contributed by atoms with Crippen LogP contribution in [0.15, 0.2) is 30.5 Å². The van der Waals surface area contributed by atoms with Gasteiger partial charge in [-0.05, 0) is 5.56 Å². The first-order valence-electron chi connectivity index (χ1n) is 6.33. The highest BCUT2D eigenvalue weighted by Crippen LogP contribution is 2.25. The molecular formula is C14H16N4S. The van der Waals surface area contributed by atoms with Gasteiger partial charge in [0.05, 0.1) is 11.9 Å². The van der Waals surface area contributed by atoms with Gasteiger partial charge in [-0.25, -0.2) is 9.50 Å². The topological polar surface area (TPSA) is 56.2 Å². The summed E-state index contributed by atoms with van der Waals surface area (Å²) in [6.45, 7) is 4.85. The van der Waals surface area contributed by atoms with Crippen LogP contribution in [0.4, 0.5) is 0 Å². The molecule has 0 amide bonds. The highest BCUT2D eigenvalue weighted by Gasteiger charge is 2.11. The fourth-order valence-electron chi connectivity index (χ4n) is 1.90. The second kappa shape index (κ2) is 4.75. The Bertz CT molecular complexity index is 662. The summed E-state index contributed by atoms with van der Waals surface area (Å²) in [4.78, 5) is 5.58. The van der Waals surface area contributed by atoms with Gasteiger partial charge in [-0.3, -0.25) is 0 Å². The molecule has 0 saturated carbocycles. The first kappa shape index (κ1) is 12.3. The molecule has 1 aromatic carbocycles. The number of aromatic nitrogens is 3. The van der Waals surface area contributed by atoms with Gasteiger partial charge in [0.1, 0.15) is 5.01 Å². The number of hydrogen-bond acceptors (Lipinski definition) is 4. The average Bonchev–Trinajstić information content (AvgIpc) is 2.97. The molecule has 0 unspecified atom stereocenters. The van der Waals surface area contributed by atoms with Crippen molar-refractivity contribution in [2.45, 2.75) is 26.3 Å². The Morgan fingerprint density at radius 2 is 2.00 bits per heavy atom. The Morgan fingerprint density at radius 3 is 2.58 bits per heavy atom. The molecule has 0 saturated heterocycles. The van der Waals surface area contributed by atoms with Crippen molar-refractivity contribution in [1.29, 1.82) is 0 Å². The molecule has 0 fully saturated rings. The Hall–Kier alpha value is -1.72. The summed E-state index contributed by atoms with van der Waals surface area (Å²) in [7, 11) is 0. The molecule has 3 rings (SSSR count). The van der Waals surface area contributed by atoms with Crippen molar-refractivity contribution in [3.63, 3.8) is 0 Å². The van der Waals surface area contributed by atoms with E-state index in [2.05, 4.69) is 36.1 Å². The molecule has 0 aliphatic heterocycles. The van der Waals surface area contributed by atoms with Crippen molar-refractivity contribution < 1.29 is 0 Å². The number of nitrogens with two attached hydrogens (primary N) is 1. The van der Waals surface area contributed by atoms with E-state index >= 15 is 0 Å². The lowest BCUT2D eigenvalue weighted by molar-refractivity contribution is 0.802. The summed E-state index contributed by atoms with van der Waals surface area (Å²) in [5, 5.41) is 5.66. The molecule has 0 bridgehead atoms. The minimum absolute atomic E-state index is 0.444. The number of fused-ring (bicyclic) bond motifs is 1. The second-order valence-electron chi connectivity index (χ2n) is 4.85. The van der Waals surface area contributed by atoms with Crippen LogP contribution in [0.5, 0.6) is 0 Å². The Balaban J connectivity index is 1.98. The van der Waals surface area contributed by atoms with Crippen LogP contribution in [0.25, 0.3) is 16.2 Å². The Morgan fingerprint density at radius 1 is 1.26 bits per heavy atom. The Kier molecular flexibility index (Phi) is 3.08. The van der Waals surface area contributed by atoms with E-state index in [0.717, 1.165) is 26.8 Å². The first-order valence-corrected chi connectivity index (χ1v) is 7.14. The van der Waals surface area contributed by atoms with E-state index in [9.17, 15) is 0 Å². The highest BCUT2D eigenvalue weighted by molar-refractivity contribution is 7.16. The lowest BCUT2D eigenvalue weighted by Crippen LogP contribution is -1.95. The third kappa shape index (κ3) is 2.27. The molecule has 98 valence electrons. The van der Waals surface area contributed by atoms with E-state index in [0.29, 0.717) is 12.5 Å². The van der Waals surface area contributed by atoms with Gasteiger partial charge >= 0.3 is 0 Å². The van der Waals surface area contributed by atoms with Crippen LogP contribution >= 0.6 is 11.3 Å². The quantitative estimate of drug-likeness (QED) is 0.797. The molecule has 19 heavy (non-hydrogen) atoms. The lowest BCUT2D eigenvalue weighted by atomic mass is 10.1. The van der Waals surface area contributed by atoms with Crippen molar-refractivity contribution in [3.8, 4) is 11.3 Å². The maximum Gasteiger partial charge on any atom is 0.212 e. The molecule has 2 N–H and O–H groups in total. The van der Waals surface area contributed by atoms with Crippen molar-refractivity contribution in [1.82, 2.24) is 14.6 Å². The first-order chi connectivity index (χ1) is 9.17. The van der Waals surface area contributed by atoms with E-state index in [4.69, 9.17) is 5.73 Å². The third-order valence-electron chi connectivity index (χ3n) is 3.04. The second-order valence-corrected chi connectivity index (χ2v) is 5.84. The zero-order valence-corrected chi connectivity index (χ0v) is 11.8. The van der Waals surface area contributed by atoms with Crippen molar-refractivity contribution in [2.24, 2.45) is 5.73 Å². The van der Waals surface area contributed by atoms with E-state index in [-0.39, 0.29) is 0 Å². The molecule has 0 radical (unpaired) electrons. The predicted octanol–water partition coefficient (Wildman–Crippen LogP) is 3.04. The van der Waals surface area contributed by atoms with Crippen LogP contribution in [0.3, 0.4) is 0 Å². The summed E-state index contributed by atoms with van der Waals surface area (Å²) >= 11 is 1.65. The number of benzene rings is 1. The summed E-state index contributed by atoms with van der Waals surface area (Å²) in [5.74, 6) is 0.444. The van der Waals surface area contributed by atoms with E-state index in [1.807, 2.05) is 22.8 Å². The average molecular weight is 272 g/mol. The van der Waals surface area contributed by atoms with Gasteiger partial charge in [0.2, 0.25) is 4.96 Å². The van der Waals surface area contributed by atoms with E-state index in [1.165, 1.54) is 0 Å². The SMILES string of the molecule is CC(C)c1nn2cc(-c3ccc(CN)cc3)nc2s1. The number of hydrogen-bond donors (Lipinski definition) is 1. The lowest BCUT2D eigenvalue weighted by Gasteiger charge is -1.99. The number of nitrogens with zero attached hydrogens (tertiary/aromatic N) is 3. The standard InChI is InChI=1S/C14H16N4S/c1-9(2)13-17-18-8-12(16-14(18)19-13)11-5-3-10(7-15)4-6-11/h3-6,8-9H,7,15H2,1-2H3. The molecule has 4 nitrogen and oxygen atoms in total. The van der Waals surface area contributed by atoms with Crippen LogP contribution < -0.4 is 5.73 Å². The van der Waals surface area contributed by atoms with Crippen molar-refractivity contribution >= 4 is 16.3 Å². The van der Waals surface area contributed by atoms with Gasteiger partial charge < -0.3 is 5.73 Å². The molecule has 3 aromatic rings. The predicted molar refractivity (Wildman–Crippen MR) is 78.3 cm³/mol. The van der Waals surface area contributed by atoms with Crippen LogP contribution in [-0.2, 0) is 6.54 Å². The molecule has 2 heterocycles. The van der Waals surface area contributed by atoms with Gasteiger partial charge in [0, 0.05) is 18.0 Å². The van der Waals surface area contributed by atoms with Gasteiger partial charge in [-0.1, -0.05) is 49.4 Å². The van der Waals surface area contributed by atoms with Gasteiger partial charge in [-0.2, -0.15) is 5.10 Å². The molecule has 2 aromatic heterocycles. The zero-order chi connectivity index (χ0) is 13.4. The van der Waals surface area contributed by atoms with E-state index in [1.54, 1.807) is 11.3 Å². The van der Waals surface area contributed by atoms with Crippen LogP contribution in [0.1, 0.15) is 30.3 Å². The fourth-order valence-corrected chi connectivity index (χ4v) is 2.78. The highest BCUT2D eigenvalue weighted by atomic mass is 32.1. The zero-order valence-electron chi connectivity index (χ0n) is 11.0. The molecule has 0 spiro atoms. The van der Waals surface area contributed by atoms with Crippen LogP contribution in [-0.4, -0.2) is 14.6 Å². The minimum atomic E-state index is 0.444. The molecule has 0 aliphatic carbocycles. The molecular weight excluding hydrogens is 256 g/mol. The van der Waals surface area contributed by atoms with Gasteiger partial charge in [0.25, 0.3) is 0 Å². The molecule has 5 heteroatoms. The summed E-state index contributed by atoms with van der Waals surface area (Å²) in [5.41, 5.74) is 8.78. The molecule has 0 atom stereocenters. The molecule has 0 aliphatic rings. The van der Waals surface area contributed by atoms with Gasteiger partial charge in [0.15, 0.2) is 0 Å². The Labute approximate surface area is 115 Å². The maximum atomic E-state index is 5.60. The number of imidazole rings is 1. The minimum Gasteiger partial charge on any atom is -0.326 e. The summed E-state index contributed by atoms with van der Waals surface area (Å²) in [6, 6.07) is 8.18. The summed E-state index contributed by atoms with van der Waals surface area (Å²) in [6.07, 6.45) is 1.98. The number of rotatable bonds is 3. The normalized spacial score (nSPS) is 11.6. The van der Waals surface area contributed by atoms with E-state index < -0.39 is 0 Å². The van der Waals surface area contributed by atoms with Crippen LogP contribution in [0.2, 0.25) is 0 Å².